The summed E-state index contributed by atoms with van der Waals surface area (Å²) in [6.45, 7) is -1.84. The van der Waals surface area contributed by atoms with Gasteiger partial charge < -0.3 is 14.6 Å². The molecular weight excluding hydrogens is 319 g/mol. The van der Waals surface area contributed by atoms with Crippen LogP contribution in [0.1, 0.15) is 5.56 Å². The highest BCUT2D eigenvalue weighted by Crippen LogP contribution is 2.28. The second-order valence-corrected chi connectivity index (χ2v) is 4.91. The van der Waals surface area contributed by atoms with Crippen molar-refractivity contribution in [2.45, 2.75) is 24.9 Å². The van der Waals surface area contributed by atoms with Crippen molar-refractivity contribution in [1.29, 1.82) is 0 Å². The minimum Gasteiger partial charge on any atom is -0.480 e. The Balaban J connectivity index is 2.05. The smallest absolute Gasteiger partial charge is 0.416 e. The zero-order chi connectivity index (χ0) is 17.0. The first-order valence-corrected chi connectivity index (χ1v) is 6.67. The number of carboxylic acids is 1. The molecule has 1 fully saturated rings. The molecule has 0 radical (unpaired) electrons. The number of hydrogen-bond acceptors (Lipinski definition) is 4. The minimum atomic E-state index is -4.69. The zero-order valence-corrected chi connectivity index (χ0v) is 11.8. The lowest BCUT2D eigenvalue weighted by atomic mass is 10.2. The van der Waals surface area contributed by atoms with Gasteiger partial charge in [-0.2, -0.15) is 13.2 Å². The summed E-state index contributed by atoms with van der Waals surface area (Å²) in [5.74, 6) is -1.46. The van der Waals surface area contributed by atoms with E-state index in [1.165, 1.54) is 0 Å². The van der Waals surface area contributed by atoms with Crippen LogP contribution in [0.25, 0.3) is 0 Å². The Morgan fingerprint density at radius 1 is 1.30 bits per heavy atom. The van der Waals surface area contributed by atoms with E-state index in [1.54, 1.807) is 30.3 Å². The van der Waals surface area contributed by atoms with Crippen LogP contribution in [0.4, 0.5) is 18.0 Å². The van der Waals surface area contributed by atoms with E-state index in [1.807, 2.05) is 0 Å². The standard InChI is InChI=1S/C14H14F3NO5/c15-14(16,17)11-6-18(10(8-22-11)12(19)20)13(21)23-7-9-4-2-1-3-5-9/h1-5,10-11H,6-8H2,(H,19,20)/t10-,11+/m0/s1. The topological polar surface area (TPSA) is 76.1 Å². The number of morpholine rings is 1. The lowest BCUT2D eigenvalue weighted by Crippen LogP contribution is -2.58. The van der Waals surface area contributed by atoms with Crippen LogP contribution in [0, 0.1) is 0 Å². The van der Waals surface area contributed by atoms with Gasteiger partial charge in [-0.05, 0) is 5.56 Å². The lowest BCUT2D eigenvalue weighted by Gasteiger charge is -2.37. The van der Waals surface area contributed by atoms with Gasteiger partial charge in [0.1, 0.15) is 6.61 Å². The molecule has 1 amide bonds. The number of amides is 1. The van der Waals surface area contributed by atoms with Crippen molar-refractivity contribution >= 4 is 12.1 Å². The fourth-order valence-electron chi connectivity index (χ4n) is 2.06. The Morgan fingerprint density at radius 2 is 1.96 bits per heavy atom. The second-order valence-electron chi connectivity index (χ2n) is 4.91. The SMILES string of the molecule is O=C(O)[C@@H]1CO[C@@H](C(F)(F)F)CN1C(=O)OCc1ccccc1. The van der Waals surface area contributed by atoms with E-state index in [2.05, 4.69) is 4.74 Å². The van der Waals surface area contributed by atoms with Crippen molar-refractivity contribution in [1.82, 2.24) is 4.90 Å². The summed E-state index contributed by atoms with van der Waals surface area (Å²) in [4.78, 5) is 23.6. The van der Waals surface area contributed by atoms with Gasteiger partial charge in [0.25, 0.3) is 0 Å². The highest BCUT2D eigenvalue weighted by atomic mass is 19.4. The fraction of sp³-hybridized carbons (Fsp3) is 0.429. The number of aliphatic carboxylic acids is 1. The summed E-state index contributed by atoms with van der Waals surface area (Å²) in [5.41, 5.74) is 0.633. The number of carbonyl (C=O) groups is 2. The molecule has 6 nitrogen and oxygen atoms in total. The third-order valence-electron chi connectivity index (χ3n) is 3.28. The number of nitrogens with zero attached hydrogens (tertiary/aromatic N) is 1. The molecule has 1 saturated heterocycles. The summed E-state index contributed by atoms with van der Waals surface area (Å²) in [5, 5.41) is 9.02. The molecule has 0 unspecified atom stereocenters. The highest BCUT2D eigenvalue weighted by molar-refractivity contribution is 5.80. The summed E-state index contributed by atoms with van der Waals surface area (Å²) < 4.78 is 47.5. The van der Waals surface area contributed by atoms with Crippen LogP contribution in [0.2, 0.25) is 0 Å². The zero-order valence-electron chi connectivity index (χ0n) is 11.8. The van der Waals surface area contributed by atoms with Gasteiger partial charge >= 0.3 is 18.2 Å². The molecule has 1 aromatic rings. The molecule has 1 aromatic carbocycles. The second kappa shape index (κ2) is 6.86. The van der Waals surface area contributed by atoms with Gasteiger partial charge in [0.15, 0.2) is 12.1 Å². The van der Waals surface area contributed by atoms with Gasteiger partial charge in [-0.3, -0.25) is 4.90 Å². The van der Waals surface area contributed by atoms with Crippen LogP contribution >= 0.6 is 0 Å². The van der Waals surface area contributed by atoms with Crippen molar-refractivity contribution in [3.8, 4) is 0 Å². The van der Waals surface area contributed by atoms with Gasteiger partial charge in [0.2, 0.25) is 0 Å². The van der Waals surface area contributed by atoms with Gasteiger partial charge in [-0.1, -0.05) is 30.3 Å². The van der Waals surface area contributed by atoms with E-state index < -0.39 is 43.5 Å². The Morgan fingerprint density at radius 3 is 2.52 bits per heavy atom. The van der Waals surface area contributed by atoms with E-state index in [9.17, 15) is 22.8 Å². The van der Waals surface area contributed by atoms with Crippen LogP contribution in [-0.4, -0.2) is 53.5 Å². The third kappa shape index (κ3) is 4.35. The van der Waals surface area contributed by atoms with Crippen molar-refractivity contribution < 1.29 is 37.3 Å². The summed E-state index contributed by atoms with van der Waals surface area (Å²) in [7, 11) is 0. The van der Waals surface area contributed by atoms with E-state index in [-0.39, 0.29) is 6.61 Å². The van der Waals surface area contributed by atoms with Crippen molar-refractivity contribution in [2.24, 2.45) is 0 Å². The van der Waals surface area contributed by atoms with E-state index in [0.29, 0.717) is 10.5 Å². The Bertz CT molecular complexity index is 563. The molecular formula is C14H14F3NO5. The lowest BCUT2D eigenvalue weighted by molar-refractivity contribution is -0.242. The average molecular weight is 333 g/mol. The van der Waals surface area contributed by atoms with E-state index >= 15 is 0 Å². The first-order chi connectivity index (χ1) is 10.8. The molecule has 1 aliphatic rings. The normalized spacial score (nSPS) is 21.8. The molecule has 23 heavy (non-hydrogen) atoms. The molecule has 0 spiro atoms. The molecule has 0 bridgehead atoms. The number of ether oxygens (including phenoxy) is 2. The van der Waals surface area contributed by atoms with Crippen LogP contribution < -0.4 is 0 Å². The van der Waals surface area contributed by atoms with Gasteiger partial charge in [0.05, 0.1) is 13.2 Å². The highest BCUT2D eigenvalue weighted by Gasteiger charge is 2.48. The van der Waals surface area contributed by atoms with E-state index in [0.717, 1.165) is 0 Å². The number of halogens is 3. The van der Waals surface area contributed by atoms with Gasteiger partial charge in [0, 0.05) is 0 Å². The average Bonchev–Trinajstić information content (AvgIpc) is 2.52. The molecule has 1 aliphatic heterocycles. The Kier molecular flexibility index (Phi) is 5.09. The molecule has 9 heteroatoms. The molecule has 1 N–H and O–H groups in total. The maximum atomic E-state index is 12.7. The van der Waals surface area contributed by atoms with E-state index in [4.69, 9.17) is 9.84 Å². The number of carbonyl (C=O) groups excluding carboxylic acids is 1. The van der Waals surface area contributed by atoms with Crippen LogP contribution in [0.15, 0.2) is 30.3 Å². The van der Waals surface area contributed by atoms with Crippen molar-refractivity contribution in [3.63, 3.8) is 0 Å². The predicted octanol–water partition coefficient (Wildman–Crippen LogP) is 2.04. The summed E-state index contributed by atoms with van der Waals surface area (Å²) in [6, 6.07) is 6.98. The Labute approximate surface area is 129 Å². The van der Waals surface area contributed by atoms with Crippen LogP contribution in [0.5, 0.6) is 0 Å². The Hall–Kier alpha value is -2.29. The maximum Gasteiger partial charge on any atom is 0.416 e. The monoisotopic (exact) mass is 333 g/mol. The molecule has 1 heterocycles. The number of hydrogen-bond donors (Lipinski definition) is 1. The van der Waals surface area contributed by atoms with Crippen molar-refractivity contribution in [3.05, 3.63) is 35.9 Å². The molecule has 0 aliphatic carbocycles. The fourth-order valence-corrected chi connectivity index (χ4v) is 2.06. The predicted molar refractivity (Wildman–Crippen MR) is 70.6 cm³/mol. The molecule has 0 saturated carbocycles. The number of carboxylic acid groups (broad SMARTS) is 1. The summed E-state index contributed by atoms with van der Waals surface area (Å²) >= 11 is 0. The molecule has 2 atom stereocenters. The van der Waals surface area contributed by atoms with Crippen LogP contribution in [-0.2, 0) is 20.9 Å². The number of alkyl halides is 3. The number of rotatable bonds is 3. The van der Waals surface area contributed by atoms with Crippen LogP contribution in [0.3, 0.4) is 0 Å². The minimum absolute atomic E-state index is 0.167. The number of benzene rings is 1. The van der Waals surface area contributed by atoms with Crippen molar-refractivity contribution in [2.75, 3.05) is 13.2 Å². The molecule has 2 rings (SSSR count). The quantitative estimate of drug-likeness (QED) is 0.916. The molecule has 0 aromatic heterocycles. The first-order valence-electron chi connectivity index (χ1n) is 6.67. The van der Waals surface area contributed by atoms with Gasteiger partial charge in [-0.25, -0.2) is 9.59 Å². The third-order valence-corrected chi connectivity index (χ3v) is 3.28. The molecule has 126 valence electrons. The van der Waals surface area contributed by atoms with Gasteiger partial charge in [-0.15, -0.1) is 0 Å². The maximum absolute atomic E-state index is 12.7. The largest absolute Gasteiger partial charge is 0.480 e. The first kappa shape index (κ1) is 17.1. The summed E-state index contributed by atoms with van der Waals surface area (Å²) in [6.07, 6.45) is -8.05.